The number of benzene rings is 2. The maximum Gasteiger partial charge on any atom is 0.242 e. The van der Waals surface area contributed by atoms with Gasteiger partial charge in [0, 0.05) is 11.6 Å². The standard InChI is InChI=1S/C18H21ClN2O3/c1-18(17(20)23,13-6-5-7-14(19)10-13)21-11-15(22)12-24-16-8-3-2-4-9-16/h2-10,15,21-22H,11-12H2,1H3,(H2,20,23). The average Bonchev–Trinajstić information content (AvgIpc) is 2.58. The van der Waals surface area contributed by atoms with E-state index in [0.29, 0.717) is 16.3 Å². The third-order valence-electron chi connectivity index (χ3n) is 3.77. The van der Waals surface area contributed by atoms with Crippen LogP contribution in [-0.4, -0.2) is 30.3 Å². The van der Waals surface area contributed by atoms with Gasteiger partial charge in [-0.1, -0.05) is 41.9 Å². The van der Waals surface area contributed by atoms with E-state index in [1.165, 1.54) is 0 Å². The molecule has 6 heteroatoms. The summed E-state index contributed by atoms with van der Waals surface area (Å²) in [6, 6.07) is 16.1. The predicted octanol–water partition coefficient (Wildman–Crippen LogP) is 2.07. The van der Waals surface area contributed by atoms with Crippen molar-refractivity contribution in [1.82, 2.24) is 5.32 Å². The van der Waals surface area contributed by atoms with Crippen molar-refractivity contribution in [1.29, 1.82) is 0 Å². The molecule has 128 valence electrons. The van der Waals surface area contributed by atoms with Gasteiger partial charge in [-0.3, -0.25) is 10.1 Å². The van der Waals surface area contributed by atoms with Crippen molar-refractivity contribution < 1.29 is 14.6 Å². The molecule has 0 radical (unpaired) electrons. The molecule has 0 fully saturated rings. The van der Waals surface area contributed by atoms with Crippen LogP contribution in [0.2, 0.25) is 5.02 Å². The third-order valence-corrected chi connectivity index (χ3v) is 4.01. The maximum atomic E-state index is 11.9. The number of carbonyl (C=O) groups is 1. The lowest BCUT2D eigenvalue weighted by Crippen LogP contribution is -2.53. The lowest BCUT2D eigenvalue weighted by Gasteiger charge is -2.29. The van der Waals surface area contributed by atoms with Gasteiger partial charge in [-0.25, -0.2) is 0 Å². The van der Waals surface area contributed by atoms with Crippen LogP contribution in [0.1, 0.15) is 12.5 Å². The zero-order valence-corrected chi connectivity index (χ0v) is 14.2. The number of carbonyl (C=O) groups excluding carboxylic acids is 1. The molecule has 0 spiro atoms. The SMILES string of the molecule is CC(NCC(O)COc1ccccc1)(C(N)=O)c1cccc(Cl)c1. The van der Waals surface area contributed by atoms with Gasteiger partial charge in [-0.2, -0.15) is 0 Å². The van der Waals surface area contributed by atoms with Crippen LogP contribution in [0.15, 0.2) is 54.6 Å². The minimum absolute atomic E-state index is 0.0986. The molecule has 2 atom stereocenters. The van der Waals surface area contributed by atoms with Crippen LogP contribution < -0.4 is 15.8 Å². The van der Waals surface area contributed by atoms with E-state index >= 15 is 0 Å². The summed E-state index contributed by atoms with van der Waals surface area (Å²) in [6.07, 6.45) is -0.803. The van der Waals surface area contributed by atoms with Gasteiger partial charge in [0.05, 0.1) is 0 Å². The summed E-state index contributed by atoms with van der Waals surface area (Å²) < 4.78 is 5.49. The number of hydrogen-bond acceptors (Lipinski definition) is 4. The lowest BCUT2D eigenvalue weighted by atomic mass is 9.91. The smallest absolute Gasteiger partial charge is 0.242 e. The zero-order valence-electron chi connectivity index (χ0n) is 13.4. The monoisotopic (exact) mass is 348 g/mol. The summed E-state index contributed by atoms with van der Waals surface area (Å²) in [4.78, 5) is 11.9. The Balaban J connectivity index is 1.97. The molecule has 0 aliphatic heterocycles. The molecule has 5 nitrogen and oxygen atoms in total. The number of rotatable bonds is 8. The van der Waals surface area contributed by atoms with Crippen LogP contribution in [0.25, 0.3) is 0 Å². The Labute approximate surface area is 146 Å². The molecule has 2 rings (SSSR count). The molecule has 2 unspecified atom stereocenters. The van der Waals surface area contributed by atoms with E-state index in [4.69, 9.17) is 22.1 Å². The van der Waals surface area contributed by atoms with E-state index in [2.05, 4.69) is 5.32 Å². The normalized spacial score (nSPS) is 14.6. The van der Waals surface area contributed by atoms with Crippen molar-refractivity contribution in [3.63, 3.8) is 0 Å². The van der Waals surface area contributed by atoms with Crippen LogP contribution in [-0.2, 0) is 10.3 Å². The molecular weight excluding hydrogens is 328 g/mol. The van der Waals surface area contributed by atoms with E-state index in [0.717, 1.165) is 0 Å². The van der Waals surface area contributed by atoms with Gasteiger partial charge in [0.15, 0.2) is 0 Å². The van der Waals surface area contributed by atoms with Crippen molar-refractivity contribution >= 4 is 17.5 Å². The van der Waals surface area contributed by atoms with Gasteiger partial charge in [0.1, 0.15) is 24.0 Å². The molecular formula is C18H21ClN2O3. The van der Waals surface area contributed by atoms with Crippen LogP contribution >= 0.6 is 11.6 Å². The minimum atomic E-state index is -1.14. The average molecular weight is 349 g/mol. The number of hydrogen-bond donors (Lipinski definition) is 3. The van der Waals surface area contributed by atoms with Crippen LogP contribution in [0.4, 0.5) is 0 Å². The number of amides is 1. The molecule has 1 amide bonds. The number of halogens is 1. The number of aliphatic hydroxyl groups excluding tert-OH is 1. The Morgan fingerprint density at radius 3 is 2.62 bits per heavy atom. The Bertz CT molecular complexity index is 681. The molecule has 24 heavy (non-hydrogen) atoms. The molecule has 0 saturated heterocycles. The van der Waals surface area contributed by atoms with Crippen LogP contribution in [0.3, 0.4) is 0 Å². The van der Waals surface area contributed by atoms with Gasteiger partial charge in [0.25, 0.3) is 0 Å². The highest BCUT2D eigenvalue weighted by Crippen LogP contribution is 2.23. The van der Waals surface area contributed by atoms with Crippen molar-refractivity contribution in [2.75, 3.05) is 13.2 Å². The summed E-state index contributed by atoms with van der Waals surface area (Å²) in [5.74, 6) is 0.116. The van der Waals surface area contributed by atoms with E-state index in [1.54, 1.807) is 43.3 Å². The van der Waals surface area contributed by atoms with E-state index in [1.807, 2.05) is 18.2 Å². The third kappa shape index (κ3) is 4.71. The highest BCUT2D eigenvalue weighted by atomic mass is 35.5. The number of nitrogens with one attached hydrogen (secondary N) is 1. The van der Waals surface area contributed by atoms with Crippen LogP contribution in [0.5, 0.6) is 5.75 Å². The molecule has 0 aliphatic carbocycles. The highest BCUT2D eigenvalue weighted by Gasteiger charge is 2.33. The highest BCUT2D eigenvalue weighted by molar-refractivity contribution is 6.30. The zero-order chi connectivity index (χ0) is 17.6. The molecule has 2 aromatic carbocycles. The van der Waals surface area contributed by atoms with Crippen molar-refractivity contribution in [3.05, 3.63) is 65.2 Å². The van der Waals surface area contributed by atoms with Gasteiger partial charge in [-0.15, -0.1) is 0 Å². The van der Waals surface area contributed by atoms with Crippen molar-refractivity contribution in [2.24, 2.45) is 5.73 Å². The fraction of sp³-hybridized carbons (Fsp3) is 0.278. The summed E-state index contributed by atoms with van der Waals surface area (Å²) in [7, 11) is 0. The first-order chi connectivity index (χ1) is 11.4. The quantitative estimate of drug-likeness (QED) is 0.681. The fourth-order valence-electron chi connectivity index (χ4n) is 2.22. The number of nitrogens with two attached hydrogens (primary N) is 1. The van der Waals surface area contributed by atoms with Gasteiger partial charge >= 0.3 is 0 Å². The van der Waals surface area contributed by atoms with Crippen LogP contribution in [0, 0.1) is 0 Å². The van der Waals surface area contributed by atoms with Gasteiger partial charge in [-0.05, 0) is 36.8 Å². The Morgan fingerprint density at radius 2 is 2.00 bits per heavy atom. The largest absolute Gasteiger partial charge is 0.491 e. The van der Waals surface area contributed by atoms with E-state index in [9.17, 15) is 9.90 Å². The van der Waals surface area contributed by atoms with Gasteiger partial charge in [0.2, 0.25) is 5.91 Å². The molecule has 0 aromatic heterocycles. The first-order valence-corrected chi connectivity index (χ1v) is 7.96. The first kappa shape index (κ1) is 18.3. The second-order valence-electron chi connectivity index (χ2n) is 5.66. The second-order valence-corrected chi connectivity index (χ2v) is 6.09. The fourth-order valence-corrected chi connectivity index (χ4v) is 2.41. The van der Waals surface area contributed by atoms with Gasteiger partial charge < -0.3 is 15.6 Å². The predicted molar refractivity (Wildman–Crippen MR) is 93.9 cm³/mol. The Morgan fingerprint density at radius 1 is 1.29 bits per heavy atom. The second kappa shape index (κ2) is 8.15. The molecule has 0 saturated carbocycles. The topological polar surface area (TPSA) is 84.6 Å². The molecule has 4 N–H and O–H groups in total. The summed E-state index contributed by atoms with van der Waals surface area (Å²) in [5, 5.41) is 13.6. The van der Waals surface area contributed by atoms with E-state index < -0.39 is 17.6 Å². The maximum absolute atomic E-state index is 11.9. The minimum Gasteiger partial charge on any atom is -0.491 e. The molecule has 2 aromatic rings. The van der Waals surface area contributed by atoms with E-state index in [-0.39, 0.29) is 13.2 Å². The summed E-state index contributed by atoms with van der Waals surface area (Å²) >= 11 is 5.99. The molecule has 0 heterocycles. The number of aliphatic hydroxyl groups is 1. The van der Waals surface area contributed by atoms with Crippen molar-refractivity contribution in [3.8, 4) is 5.75 Å². The molecule has 0 bridgehead atoms. The Kier molecular flexibility index (Phi) is 6.20. The number of primary amides is 1. The number of para-hydroxylation sites is 1. The van der Waals surface area contributed by atoms with Crippen molar-refractivity contribution in [2.45, 2.75) is 18.6 Å². The Hall–Kier alpha value is -2.08. The summed E-state index contributed by atoms with van der Waals surface area (Å²) in [6.45, 7) is 1.89. The number of ether oxygens (including phenoxy) is 1. The lowest BCUT2D eigenvalue weighted by molar-refractivity contribution is -0.124. The summed E-state index contributed by atoms with van der Waals surface area (Å²) in [5.41, 5.74) is 5.04. The first-order valence-electron chi connectivity index (χ1n) is 7.58. The molecule has 0 aliphatic rings.